The van der Waals surface area contributed by atoms with Crippen LogP contribution < -0.4 is 5.32 Å². The average molecular weight is 142 g/mol. The van der Waals surface area contributed by atoms with Crippen molar-refractivity contribution in [2.75, 3.05) is 14.1 Å². The summed E-state index contributed by atoms with van der Waals surface area (Å²) in [6, 6.07) is 0. The van der Waals surface area contributed by atoms with Gasteiger partial charge in [0.2, 0.25) is 5.91 Å². The van der Waals surface area contributed by atoms with E-state index in [9.17, 15) is 4.79 Å². The van der Waals surface area contributed by atoms with Crippen molar-refractivity contribution in [3.63, 3.8) is 0 Å². The molecule has 0 heterocycles. The molecular formula is C7H14N2O. The van der Waals surface area contributed by atoms with Gasteiger partial charge in [-0.1, -0.05) is 0 Å². The lowest BCUT2D eigenvalue weighted by Gasteiger charge is -2.07. The molecule has 0 bridgehead atoms. The molecule has 0 aromatic rings. The molecule has 1 unspecified atom stereocenters. The number of carbonyl (C=O) groups excluding carboxylic acids is 1. The molecule has 0 rings (SSSR count). The van der Waals surface area contributed by atoms with Crippen LogP contribution in [0.25, 0.3) is 0 Å². The second-order valence-corrected chi connectivity index (χ2v) is 2.20. The number of hydrogen-bond donors (Lipinski definition) is 1. The van der Waals surface area contributed by atoms with E-state index in [0.29, 0.717) is 0 Å². The minimum atomic E-state index is -0.102. The molecule has 0 saturated carbocycles. The average Bonchev–Trinajstić information content (AvgIpc) is 2.00. The van der Waals surface area contributed by atoms with Gasteiger partial charge in [0.05, 0.1) is 5.92 Å². The van der Waals surface area contributed by atoms with E-state index in [4.69, 9.17) is 0 Å². The van der Waals surface area contributed by atoms with Gasteiger partial charge in [0, 0.05) is 19.8 Å². The van der Waals surface area contributed by atoms with Gasteiger partial charge in [0.15, 0.2) is 0 Å². The third-order valence-electron chi connectivity index (χ3n) is 1.62. The molecule has 0 fully saturated rings. The Labute approximate surface area is 61.5 Å². The van der Waals surface area contributed by atoms with Crippen LogP contribution in [-0.4, -0.2) is 25.7 Å². The summed E-state index contributed by atoms with van der Waals surface area (Å²) < 4.78 is 0. The van der Waals surface area contributed by atoms with Crippen molar-refractivity contribution in [2.24, 2.45) is 10.9 Å². The highest BCUT2D eigenvalue weighted by atomic mass is 16.1. The van der Waals surface area contributed by atoms with Crippen LogP contribution in [0.15, 0.2) is 4.99 Å². The zero-order valence-electron chi connectivity index (χ0n) is 6.93. The van der Waals surface area contributed by atoms with E-state index in [0.717, 1.165) is 5.71 Å². The Morgan fingerprint density at radius 3 is 2.40 bits per heavy atom. The van der Waals surface area contributed by atoms with Gasteiger partial charge >= 0.3 is 0 Å². The number of hydrogen-bond acceptors (Lipinski definition) is 2. The van der Waals surface area contributed by atoms with Crippen LogP contribution in [0.3, 0.4) is 0 Å². The van der Waals surface area contributed by atoms with Gasteiger partial charge in [0.1, 0.15) is 0 Å². The predicted octanol–water partition coefficient (Wildman–Crippen LogP) is 0.459. The largest absolute Gasteiger partial charge is 0.359 e. The lowest BCUT2D eigenvalue weighted by Crippen LogP contribution is -2.29. The van der Waals surface area contributed by atoms with Gasteiger partial charge < -0.3 is 5.32 Å². The van der Waals surface area contributed by atoms with Gasteiger partial charge in [-0.15, -0.1) is 0 Å². The van der Waals surface area contributed by atoms with Crippen molar-refractivity contribution < 1.29 is 4.79 Å². The van der Waals surface area contributed by atoms with Crippen molar-refractivity contribution in [2.45, 2.75) is 13.8 Å². The summed E-state index contributed by atoms with van der Waals surface area (Å²) in [6.45, 7) is 3.68. The number of aliphatic imine (C=N–C) groups is 1. The highest BCUT2D eigenvalue weighted by Gasteiger charge is 2.12. The Kier molecular flexibility index (Phi) is 3.69. The second-order valence-electron chi connectivity index (χ2n) is 2.20. The van der Waals surface area contributed by atoms with Gasteiger partial charge in [-0.3, -0.25) is 9.79 Å². The van der Waals surface area contributed by atoms with Crippen molar-refractivity contribution >= 4 is 11.6 Å². The van der Waals surface area contributed by atoms with Crippen LogP contribution in [-0.2, 0) is 4.79 Å². The van der Waals surface area contributed by atoms with Crippen molar-refractivity contribution in [3.8, 4) is 0 Å². The lowest BCUT2D eigenvalue weighted by atomic mass is 10.1. The number of rotatable bonds is 2. The van der Waals surface area contributed by atoms with Gasteiger partial charge in [-0.25, -0.2) is 0 Å². The molecule has 0 saturated heterocycles. The van der Waals surface area contributed by atoms with Gasteiger partial charge in [0.25, 0.3) is 0 Å². The fraction of sp³-hybridized carbons (Fsp3) is 0.714. The second kappa shape index (κ2) is 4.04. The Balaban J connectivity index is 4.08. The SMILES string of the molecule is CN=C(C)C(C)C(=O)NC. The Bertz CT molecular complexity index is 152. The number of carbonyl (C=O) groups is 1. The summed E-state index contributed by atoms with van der Waals surface area (Å²) in [5.74, 6) is -0.0851. The molecule has 1 N–H and O–H groups in total. The molecule has 0 aliphatic carbocycles. The standard InChI is InChI=1S/C7H14N2O/c1-5(6(2)8-3)7(10)9-4/h5H,1-4H3,(H,9,10). The van der Waals surface area contributed by atoms with Crippen LogP contribution in [0.1, 0.15) is 13.8 Å². The van der Waals surface area contributed by atoms with Gasteiger partial charge in [-0.05, 0) is 13.8 Å². The topological polar surface area (TPSA) is 41.5 Å². The molecule has 3 heteroatoms. The first kappa shape index (κ1) is 9.14. The lowest BCUT2D eigenvalue weighted by molar-refractivity contribution is -0.122. The Morgan fingerprint density at radius 1 is 1.60 bits per heavy atom. The summed E-state index contributed by atoms with van der Waals surface area (Å²) in [5, 5.41) is 2.56. The van der Waals surface area contributed by atoms with Crippen LogP contribution in [0, 0.1) is 5.92 Å². The van der Waals surface area contributed by atoms with E-state index in [1.54, 1.807) is 14.1 Å². The van der Waals surface area contributed by atoms with E-state index in [2.05, 4.69) is 10.3 Å². The maximum atomic E-state index is 10.9. The Morgan fingerprint density at radius 2 is 2.10 bits per heavy atom. The first-order valence-corrected chi connectivity index (χ1v) is 3.28. The van der Waals surface area contributed by atoms with E-state index < -0.39 is 0 Å². The first-order valence-electron chi connectivity index (χ1n) is 3.28. The summed E-state index contributed by atoms with van der Waals surface area (Å²) in [4.78, 5) is 14.8. The minimum Gasteiger partial charge on any atom is -0.359 e. The van der Waals surface area contributed by atoms with E-state index in [-0.39, 0.29) is 11.8 Å². The maximum absolute atomic E-state index is 10.9. The van der Waals surface area contributed by atoms with Gasteiger partial charge in [-0.2, -0.15) is 0 Å². The molecule has 10 heavy (non-hydrogen) atoms. The first-order chi connectivity index (χ1) is 4.63. The van der Waals surface area contributed by atoms with Crippen LogP contribution >= 0.6 is 0 Å². The number of nitrogens with zero attached hydrogens (tertiary/aromatic N) is 1. The molecule has 0 aromatic heterocycles. The predicted molar refractivity (Wildman–Crippen MR) is 42.3 cm³/mol. The maximum Gasteiger partial charge on any atom is 0.228 e. The Hall–Kier alpha value is -0.860. The van der Waals surface area contributed by atoms with Crippen LogP contribution in [0.2, 0.25) is 0 Å². The quantitative estimate of drug-likeness (QED) is 0.559. The molecular weight excluding hydrogens is 128 g/mol. The molecule has 0 aromatic carbocycles. The number of nitrogens with one attached hydrogen (secondary N) is 1. The molecule has 58 valence electrons. The van der Waals surface area contributed by atoms with E-state index in [1.807, 2.05) is 13.8 Å². The molecule has 1 amide bonds. The summed E-state index contributed by atoms with van der Waals surface area (Å²) in [7, 11) is 3.32. The molecule has 0 aliphatic rings. The molecule has 0 radical (unpaired) electrons. The fourth-order valence-electron chi connectivity index (χ4n) is 0.600. The number of amides is 1. The zero-order chi connectivity index (χ0) is 8.15. The zero-order valence-corrected chi connectivity index (χ0v) is 6.93. The molecule has 0 aliphatic heterocycles. The van der Waals surface area contributed by atoms with Crippen molar-refractivity contribution in [3.05, 3.63) is 0 Å². The molecule has 0 spiro atoms. The third-order valence-corrected chi connectivity index (χ3v) is 1.62. The summed E-state index contributed by atoms with van der Waals surface area (Å²) in [5.41, 5.74) is 0.861. The summed E-state index contributed by atoms with van der Waals surface area (Å²) in [6.07, 6.45) is 0. The van der Waals surface area contributed by atoms with E-state index >= 15 is 0 Å². The fourth-order valence-corrected chi connectivity index (χ4v) is 0.600. The van der Waals surface area contributed by atoms with Crippen molar-refractivity contribution in [1.29, 1.82) is 0 Å². The minimum absolute atomic E-state index is 0.0168. The summed E-state index contributed by atoms with van der Waals surface area (Å²) >= 11 is 0. The van der Waals surface area contributed by atoms with Crippen molar-refractivity contribution in [1.82, 2.24) is 5.32 Å². The van der Waals surface area contributed by atoms with Crippen LogP contribution in [0.4, 0.5) is 0 Å². The monoisotopic (exact) mass is 142 g/mol. The highest BCUT2D eigenvalue weighted by molar-refractivity contribution is 6.02. The third kappa shape index (κ3) is 2.17. The normalized spacial score (nSPS) is 14.6. The molecule has 3 nitrogen and oxygen atoms in total. The highest BCUT2D eigenvalue weighted by Crippen LogP contribution is 1.96. The van der Waals surface area contributed by atoms with Crippen LogP contribution in [0.5, 0.6) is 0 Å². The van der Waals surface area contributed by atoms with E-state index in [1.165, 1.54) is 0 Å². The smallest absolute Gasteiger partial charge is 0.228 e. The molecule has 1 atom stereocenters.